The average molecular weight is 507 g/mol. The van der Waals surface area contributed by atoms with Gasteiger partial charge in [-0.3, -0.25) is 14.4 Å². The van der Waals surface area contributed by atoms with E-state index in [-0.39, 0.29) is 17.8 Å². The summed E-state index contributed by atoms with van der Waals surface area (Å²) in [7, 11) is 0. The summed E-state index contributed by atoms with van der Waals surface area (Å²) in [6, 6.07) is 0. The Hall–Kier alpha value is -1.51. The summed E-state index contributed by atoms with van der Waals surface area (Å²) in [5.74, 6) is 1.62. The van der Waals surface area contributed by atoms with Gasteiger partial charge in [0, 0.05) is 37.0 Å². The van der Waals surface area contributed by atoms with Crippen LogP contribution in [-0.2, 0) is 14.4 Å². The van der Waals surface area contributed by atoms with Crippen LogP contribution in [0.2, 0.25) is 0 Å². The molecule has 0 aliphatic heterocycles. The third kappa shape index (κ3) is 32.5. The zero-order valence-corrected chi connectivity index (χ0v) is 25.7. The average Bonchev–Trinajstić information content (AvgIpc) is 2.84. The van der Waals surface area contributed by atoms with Crippen molar-refractivity contribution in [2.24, 2.45) is 17.8 Å². The summed E-state index contributed by atoms with van der Waals surface area (Å²) >= 11 is 0. The highest BCUT2D eigenvalue weighted by atomic mass is 16.1. The van der Waals surface area contributed by atoms with Gasteiger partial charge in [0.1, 0.15) is 17.3 Å². The summed E-state index contributed by atoms with van der Waals surface area (Å²) in [5, 5.41) is 0. The van der Waals surface area contributed by atoms with Gasteiger partial charge in [-0.15, -0.1) is 0 Å². The van der Waals surface area contributed by atoms with Crippen LogP contribution in [0.4, 0.5) is 0 Å². The summed E-state index contributed by atoms with van der Waals surface area (Å²) < 4.78 is 0. The first kappa shape index (κ1) is 39.0. The molecule has 0 aromatic heterocycles. The van der Waals surface area contributed by atoms with E-state index in [0.29, 0.717) is 36.6 Å². The smallest absolute Gasteiger partial charge is 0.139 e. The second kappa shape index (κ2) is 29.7. The van der Waals surface area contributed by atoms with Crippen LogP contribution < -0.4 is 0 Å². The molecule has 0 spiro atoms. The van der Waals surface area contributed by atoms with E-state index >= 15 is 0 Å². The number of hydrogen-bond acceptors (Lipinski definition) is 3. The van der Waals surface area contributed by atoms with E-state index in [2.05, 4.69) is 26.0 Å². The van der Waals surface area contributed by atoms with Crippen LogP contribution in [0.5, 0.6) is 0 Å². The molecule has 3 heteroatoms. The molecule has 0 saturated carbocycles. The fourth-order valence-electron chi connectivity index (χ4n) is 3.07. The first-order chi connectivity index (χ1) is 17.0. The van der Waals surface area contributed by atoms with E-state index in [1.165, 1.54) is 57.8 Å². The Morgan fingerprint density at radius 3 is 1.14 bits per heavy atom. The SMILES string of the molecule is CCC(=O)C(C)C.CCCCC/C=C\CC(=O)C(C)C.CCCCCCCC/C=C\CC(=O)C(C)C. The van der Waals surface area contributed by atoms with Crippen LogP contribution in [0, 0.1) is 17.8 Å². The highest BCUT2D eigenvalue weighted by Gasteiger charge is 2.04. The van der Waals surface area contributed by atoms with Crippen molar-refractivity contribution >= 4 is 17.3 Å². The second-order valence-corrected chi connectivity index (χ2v) is 10.6. The molecule has 0 aromatic rings. The maximum absolute atomic E-state index is 11.3. The largest absolute Gasteiger partial charge is 0.299 e. The van der Waals surface area contributed by atoms with Crippen molar-refractivity contribution in [3.05, 3.63) is 24.3 Å². The number of unbranched alkanes of at least 4 members (excludes halogenated alkanes) is 9. The number of Topliss-reactive ketones (excluding diaryl/α,β-unsaturated/α-hetero) is 3. The van der Waals surface area contributed by atoms with Gasteiger partial charge in [-0.05, 0) is 25.7 Å². The van der Waals surface area contributed by atoms with Gasteiger partial charge in [0.25, 0.3) is 0 Å². The summed E-state index contributed by atoms with van der Waals surface area (Å²) in [6.45, 7) is 18.0. The molecule has 36 heavy (non-hydrogen) atoms. The first-order valence-corrected chi connectivity index (χ1v) is 14.9. The minimum absolute atomic E-state index is 0.179. The highest BCUT2D eigenvalue weighted by Crippen LogP contribution is 2.08. The summed E-state index contributed by atoms with van der Waals surface area (Å²) in [4.78, 5) is 33.0. The van der Waals surface area contributed by atoms with Crippen molar-refractivity contribution in [1.82, 2.24) is 0 Å². The zero-order valence-electron chi connectivity index (χ0n) is 25.7. The summed E-state index contributed by atoms with van der Waals surface area (Å²) in [6.07, 6.45) is 24.4. The fourth-order valence-corrected chi connectivity index (χ4v) is 3.07. The lowest BCUT2D eigenvalue weighted by atomic mass is 10.1. The van der Waals surface area contributed by atoms with Gasteiger partial charge >= 0.3 is 0 Å². The standard InChI is InChI=1S/C15H28O.C12H22O.C6H12O/c1-4-5-6-7-8-9-10-11-12-13-15(16)14(2)3;1-4-5-6-7-8-9-10-12(13)11(2)3;1-4-6(7)5(2)3/h11-12,14H,4-10,13H2,1-3H3;8-9,11H,4-7,10H2,1-3H3;5H,4H2,1-3H3/b12-11-;9-8-;. The highest BCUT2D eigenvalue weighted by molar-refractivity contribution is 5.82. The molecule has 0 bridgehead atoms. The van der Waals surface area contributed by atoms with E-state index in [9.17, 15) is 14.4 Å². The number of carbonyl (C=O) groups excluding carboxylic acids is 3. The van der Waals surface area contributed by atoms with Crippen molar-refractivity contribution in [3.63, 3.8) is 0 Å². The number of hydrogen-bond donors (Lipinski definition) is 0. The molecule has 0 aromatic carbocycles. The Morgan fingerprint density at radius 2 is 0.806 bits per heavy atom. The maximum atomic E-state index is 11.3. The predicted octanol–water partition coefficient (Wildman–Crippen LogP) is 10.3. The van der Waals surface area contributed by atoms with Crippen molar-refractivity contribution in [1.29, 1.82) is 0 Å². The van der Waals surface area contributed by atoms with Crippen molar-refractivity contribution in [3.8, 4) is 0 Å². The van der Waals surface area contributed by atoms with E-state index in [0.717, 1.165) is 12.8 Å². The van der Waals surface area contributed by atoms with Crippen molar-refractivity contribution < 1.29 is 14.4 Å². The lowest BCUT2D eigenvalue weighted by Crippen LogP contribution is -2.04. The molecule has 3 nitrogen and oxygen atoms in total. The molecule has 0 N–H and O–H groups in total. The van der Waals surface area contributed by atoms with Crippen LogP contribution >= 0.6 is 0 Å². The molecule has 0 aliphatic carbocycles. The van der Waals surface area contributed by atoms with E-state index < -0.39 is 0 Å². The van der Waals surface area contributed by atoms with Gasteiger partial charge in [0.05, 0.1) is 0 Å². The minimum Gasteiger partial charge on any atom is -0.299 e. The van der Waals surface area contributed by atoms with Crippen molar-refractivity contribution in [2.75, 3.05) is 0 Å². The van der Waals surface area contributed by atoms with Crippen molar-refractivity contribution in [2.45, 2.75) is 152 Å². The molecule has 212 valence electrons. The lowest BCUT2D eigenvalue weighted by Gasteiger charge is -1.99. The van der Waals surface area contributed by atoms with Crippen LogP contribution in [0.15, 0.2) is 24.3 Å². The molecular weight excluding hydrogens is 444 g/mol. The Labute approximate surface area is 226 Å². The fraction of sp³-hybridized carbons (Fsp3) is 0.788. The number of ketones is 3. The van der Waals surface area contributed by atoms with Gasteiger partial charge in [-0.1, -0.05) is 132 Å². The molecular formula is C33H62O3. The molecule has 0 unspecified atom stereocenters. The third-order valence-corrected chi connectivity index (χ3v) is 5.95. The van der Waals surface area contributed by atoms with Gasteiger partial charge < -0.3 is 0 Å². The van der Waals surface area contributed by atoms with Crippen LogP contribution in [0.1, 0.15) is 152 Å². The van der Waals surface area contributed by atoms with Gasteiger partial charge in [0.2, 0.25) is 0 Å². The normalized spacial score (nSPS) is 11.1. The third-order valence-electron chi connectivity index (χ3n) is 5.95. The Balaban J connectivity index is -0.000000488. The maximum Gasteiger partial charge on any atom is 0.139 e. The monoisotopic (exact) mass is 506 g/mol. The topological polar surface area (TPSA) is 51.2 Å². The molecule has 0 saturated heterocycles. The molecule has 0 rings (SSSR count). The number of rotatable bonds is 19. The first-order valence-electron chi connectivity index (χ1n) is 14.9. The molecule has 0 aliphatic rings. The number of carbonyl (C=O) groups is 3. The quantitative estimate of drug-likeness (QED) is 0.129. The Kier molecular flexibility index (Phi) is 32.2. The lowest BCUT2D eigenvalue weighted by molar-refractivity contribution is -0.122. The Bertz CT molecular complexity index is 567. The van der Waals surface area contributed by atoms with Crippen LogP contribution in [0.3, 0.4) is 0 Å². The molecule has 0 atom stereocenters. The number of allylic oxidation sites excluding steroid dienone is 4. The Morgan fingerprint density at radius 1 is 0.472 bits per heavy atom. The molecule has 0 amide bonds. The molecule has 0 heterocycles. The van der Waals surface area contributed by atoms with E-state index in [1.54, 1.807) is 0 Å². The molecule has 0 fully saturated rings. The van der Waals surface area contributed by atoms with E-state index in [1.807, 2.05) is 60.6 Å². The van der Waals surface area contributed by atoms with Gasteiger partial charge in [-0.2, -0.15) is 0 Å². The van der Waals surface area contributed by atoms with Gasteiger partial charge in [-0.25, -0.2) is 0 Å². The van der Waals surface area contributed by atoms with Gasteiger partial charge in [0.15, 0.2) is 0 Å². The van der Waals surface area contributed by atoms with Crippen LogP contribution in [0.25, 0.3) is 0 Å². The predicted molar refractivity (Wildman–Crippen MR) is 159 cm³/mol. The van der Waals surface area contributed by atoms with E-state index in [4.69, 9.17) is 0 Å². The zero-order chi connectivity index (χ0) is 28.2. The molecule has 0 radical (unpaired) electrons. The summed E-state index contributed by atoms with van der Waals surface area (Å²) in [5.41, 5.74) is 0. The van der Waals surface area contributed by atoms with Crippen LogP contribution in [-0.4, -0.2) is 17.3 Å². The second-order valence-electron chi connectivity index (χ2n) is 10.6. The minimum atomic E-state index is 0.179.